The van der Waals surface area contributed by atoms with E-state index in [4.69, 9.17) is 10.5 Å². The Hall–Kier alpha value is -2.44. The highest BCUT2D eigenvalue weighted by atomic mass is 16.5. The summed E-state index contributed by atoms with van der Waals surface area (Å²) in [5, 5.41) is 0. The summed E-state index contributed by atoms with van der Waals surface area (Å²) >= 11 is 0. The summed E-state index contributed by atoms with van der Waals surface area (Å²) in [5.41, 5.74) is 8.63. The highest BCUT2D eigenvalue weighted by molar-refractivity contribution is 5.58. The molecule has 0 bridgehead atoms. The number of ether oxygens (including phenoxy) is 1. The molecular formula is C24H35N5O. The minimum absolute atomic E-state index is 0.233. The van der Waals surface area contributed by atoms with Crippen LogP contribution in [0.25, 0.3) is 0 Å². The zero-order valence-electron chi connectivity index (χ0n) is 18.2. The lowest BCUT2D eigenvalue weighted by atomic mass is 9.84. The molecule has 162 valence electrons. The molecule has 4 rings (SSSR count). The van der Waals surface area contributed by atoms with Crippen molar-refractivity contribution in [3.63, 3.8) is 0 Å². The first kappa shape index (κ1) is 22.2. The average Bonchev–Trinajstić information content (AvgIpc) is 3.32. The molecular weight excluding hydrogens is 374 g/mol. The molecule has 0 unspecified atom stereocenters. The number of rotatable bonds is 7. The van der Waals surface area contributed by atoms with E-state index in [2.05, 4.69) is 44.3 Å². The van der Waals surface area contributed by atoms with Crippen LogP contribution in [0.2, 0.25) is 0 Å². The maximum absolute atomic E-state index is 6.27. The topological polar surface area (TPSA) is 79.5 Å². The van der Waals surface area contributed by atoms with Crippen LogP contribution < -0.4 is 5.73 Å². The number of nitrogens with zero attached hydrogens (tertiary/aromatic N) is 3. The molecule has 0 amide bonds. The van der Waals surface area contributed by atoms with E-state index in [9.17, 15) is 0 Å². The van der Waals surface area contributed by atoms with Gasteiger partial charge in [0.15, 0.2) is 0 Å². The molecule has 0 spiro atoms. The molecule has 30 heavy (non-hydrogen) atoms. The second-order valence-electron chi connectivity index (χ2n) is 7.65. The molecule has 6 nitrogen and oxygen atoms in total. The molecule has 1 aromatic heterocycles. The number of aliphatic imine (C=N–C) groups is 1. The molecule has 6 heteroatoms. The lowest BCUT2D eigenvalue weighted by molar-refractivity contribution is 0.106. The van der Waals surface area contributed by atoms with Crippen molar-refractivity contribution in [2.75, 3.05) is 13.2 Å². The van der Waals surface area contributed by atoms with E-state index in [1.807, 2.05) is 44.6 Å². The van der Waals surface area contributed by atoms with Gasteiger partial charge in [-0.05, 0) is 37.3 Å². The standard InChI is InChI=1S/C22H29N5O.C2H6/c23-20(15-28-14-17-5-2-1-3-6-17)22-25-13-21(26-22)18-7-9-19(10-8-18)27-12-4-11-24-16-27;1-2/h1-6,12-13,16,18-20H,7-11,14-15,23H2,(H,25,26);1-2H3/t18?,19?,20-;/m0./s1. The monoisotopic (exact) mass is 409 g/mol. The third kappa shape index (κ3) is 6.03. The SMILES string of the molecule is CC.N[C@@H](COCc1ccccc1)c1ncc(C2CCC(N3C=CCN=C3)CC2)[nH]1. The number of nitrogens with two attached hydrogens (primary N) is 1. The lowest BCUT2D eigenvalue weighted by Crippen LogP contribution is -2.34. The highest BCUT2D eigenvalue weighted by Gasteiger charge is 2.26. The van der Waals surface area contributed by atoms with Crippen molar-refractivity contribution in [2.45, 2.75) is 64.1 Å². The molecule has 2 aliphatic rings. The summed E-state index contributed by atoms with van der Waals surface area (Å²) in [6.07, 6.45) is 12.9. The van der Waals surface area contributed by atoms with Gasteiger partial charge in [-0.3, -0.25) is 4.99 Å². The van der Waals surface area contributed by atoms with Gasteiger partial charge >= 0.3 is 0 Å². The minimum Gasteiger partial charge on any atom is -0.375 e. The van der Waals surface area contributed by atoms with Crippen molar-refractivity contribution in [1.29, 1.82) is 0 Å². The Kier molecular flexibility index (Phi) is 8.66. The Balaban J connectivity index is 0.00000124. The van der Waals surface area contributed by atoms with Gasteiger partial charge in [0.25, 0.3) is 0 Å². The van der Waals surface area contributed by atoms with E-state index >= 15 is 0 Å². The van der Waals surface area contributed by atoms with Crippen LogP contribution in [0.1, 0.15) is 68.6 Å². The predicted molar refractivity (Wildman–Crippen MR) is 122 cm³/mol. The van der Waals surface area contributed by atoms with Gasteiger partial charge in [0.2, 0.25) is 0 Å². The van der Waals surface area contributed by atoms with Gasteiger partial charge in [-0.1, -0.05) is 44.2 Å². The number of benzene rings is 1. The van der Waals surface area contributed by atoms with Gasteiger partial charge in [0.1, 0.15) is 5.82 Å². The Labute approximate surface area is 180 Å². The molecule has 1 fully saturated rings. The Morgan fingerprint density at radius 2 is 1.93 bits per heavy atom. The second-order valence-corrected chi connectivity index (χ2v) is 7.65. The quantitative estimate of drug-likeness (QED) is 0.704. The van der Waals surface area contributed by atoms with Crippen LogP contribution in [-0.2, 0) is 11.3 Å². The Morgan fingerprint density at radius 1 is 1.17 bits per heavy atom. The number of hydrogen-bond acceptors (Lipinski definition) is 5. The molecule has 2 aromatic rings. The van der Waals surface area contributed by atoms with Crippen LogP contribution in [0.3, 0.4) is 0 Å². The summed E-state index contributed by atoms with van der Waals surface area (Å²) in [5.74, 6) is 1.34. The van der Waals surface area contributed by atoms with Crippen LogP contribution in [0.15, 0.2) is 53.8 Å². The van der Waals surface area contributed by atoms with Gasteiger partial charge in [0, 0.05) is 30.1 Å². The van der Waals surface area contributed by atoms with Crippen LogP contribution in [-0.4, -0.2) is 40.4 Å². The first-order valence-corrected chi connectivity index (χ1v) is 11.2. The van der Waals surface area contributed by atoms with Crippen molar-refractivity contribution < 1.29 is 4.74 Å². The maximum atomic E-state index is 6.27. The van der Waals surface area contributed by atoms with E-state index in [-0.39, 0.29) is 6.04 Å². The number of nitrogens with one attached hydrogen (secondary N) is 1. The van der Waals surface area contributed by atoms with Crippen LogP contribution in [0.5, 0.6) is 0 Å². The van der Waals surface area contributed by atoms with Crippen molar-refractivity contribution in [3.05, 3.63) is 65.9 Å². The molecule has 1 saturated carbocycles. The van der Waals surface area contributed by atoms with Gasteiger partial charge in [-0.15, -0.1) is 0 Å². The summed E-state index contributed by atoms with van der Waals surface area (Å²) < 4.78 is 5.76. The van der Waals surface area contributed by atoms with E-state index in [1.54, 1.807) is 0 Å². The fraction of sp³-hybridized carbons (Fsp3) is 0.500. The molecule has 0 radical (unpaired) electrons. The van der Waals surface area contributed by atoms with Crippen LogP contribution in [0.4, 0.5) is 0 Å². The van der Waals surface area contributed by atoms with Gasteiger partial charge < -0.3 is 20.4 Å². The fourth-order valence-corrected chi connectivity index (χ4v) is 4.01. The number of H-pyrrole nitrogens is 1. The zero-order chi connectivity index (χ0) is 21.2. The summed E-state index contributed by atoms with van der Waals surface area (Å²) in [6.45, 7) is 5.83. The Bertz CT molecular complexity index is 781. The van der Waals surface area contributed by atoms with E-state index < -0.39 is 0 Å². The van der Waals surface area contributed by atoms with Crippen LogP contribution >= 0.6 is 0 Å². The predicted octanol–water partition coefficient (Wildman–Crippen LogP) is 4.54. The van der Waals surface area contributed by atoms with Crippen LogP contribution in [0, 0.1) is 0 Å². The average molecular weight is 410 g/mol. The van der Waals surface area contributed by atoms with Crippen molar-refractivity contribution in [3.8, 4) is 0 Å². The second kappa shape index (κ2) is 11.7. The first-order chi connectivity index (χ1) is 14.8. The zero-order valence-corrected chi connectivity index (χ0v) is 18.2. The fourth-order valence-electron chi connectivity index (χ4n) is 4.01. The smallest absolute Gasteiger partial charge is 0.125 e. The molecule has 0 saturated heterocycles. The highest BCUT2D eigenvalue weighted by Crippen LogP contribution is 2.34. The van der Waals surface area contributed by atoms with E-state index in [0.717, 1.165) is 30.8 Å². The molecule has 2 heterocycles. The molecule has 3 N–H and O–H groups in total. The largest absolute Gasteiger partial charge is 0.375 e. The third-order valence-electron chi connectivity index (χ3n) is 5.64. The minimum atomic E-state index is -0.233. The Morgan fingerprint density at radius 3 is 2.63 bits per heavy atom. The summed E-state index contributed by atoms with van der Waals surface area (Å²) in [6, 6.07) is 10.5. The number of aromatic amines is 1. The van der Waals surface area contributed by atoms with Crippen molar-refractivity contribution >= 4 is 6.34 Å². The molecule has 1 aromatic carbocycles. The lowest BCUT2D eigenvalue weighted by Gasteiger charge is -2.34. The summed E-state index contributed by atoms with van der Waals surface area (Å²) in [7, 11) is 0. The van der Waals surface area contributed by atoms with Crippen molar-refractivity contribution in [2.24, 2.45) is 10.7 Å². The molecule has 1 aliphatic heterocycles. The van der Waals surface area contributed by atoms with Gasteiger partial charge in [0.05, 0.1) is 32.1 Å². The molecule has 1 atom stereocenters. The number of imidazole rings is 1. The first-order valence-electron chi connectivity index (χ1n) is 11.2. The maximum Gasteiger partial charge on any atom is 0.125 e. The number of aromatic nitrogens is 2. The van der Waals surface area contributed by atoms with Gasteiger partial charge in [-0.2, -0.15) is 0 Å². The van der Waals surface area contributed by atoms with Gasteiger partial charge in [-0.25, -0.2) is 4.98 Å². The van der Waals surface area contributed by atoms with E-state index in [0.29, 0.717) is 25.2 Å². The van der Waals surface area contributed by atoms with E-state index in [1.165, 1.54) is 18.5 Å². The summed E-state index contributed by atoms with van der Waals surface area (Å²) in [4.78, 5) is 14.6. The molecule has 1 aliphatic carbocycles. The third-order valence-corrected chi connectivity index (χ3v) is 5.64. The van der Waals surface area contributed by atoms with Crippen molar-refractivity contribution in [1.82, 2.24) is 14.9 Å². The normalized spacial score (nSPS) is 21.8. The number of hydrogen-bond donors (Lipinski definition) is 2.